The zero-order valence-corrected chi connectivity index (χ0v) is 2.96. The molecule has 0 heterocycles. The van der Waals surface area contributed by atoms with Gasteiger partial charge in [0.2, 0.25) is 6.79 Å². The molecule has 0 aromatic rings. The predicted molar refractivity (Wildman–Crippen MR) is 15.7 cm³/mol. The van der Waals surface area contributed by atoms with Crippen LogP contribution in [0.15, 0.2) is 0 Å². The summed E-state index contributed by atoms with van der Waals surface area (Å²) in [5.74, 6) is 0. The van der Waals surface area contributed by atoms with Crippen molar-refractivity contribution in [1.82, 2.24) is 0 Å². The van der Waals surface area contributed by atoms with Crippen molar-refractivity contribution in [2.24, 2.45) is 0 Å². The number of rotatable bonds is 3. The van der Waals surface area contributed by atoms with Crippen molar-refractivity contribution in [1.29, 1.82) is 0 Å². The van der Waals surface area contributed by atoms with Gasteiger partial charge in [0.15, 0.2) is 0 Å². The summed E-state index contributed by atoms with van der Waals surface area (Å²) >= 11 is 0. The summed E-state index contributed by atoms with van der Waals surface area (Å²) in [6.45, 7) is -0.222. The number of carbonyl (C=O) groups is 1. The Balaban J connectivity index is 2.49. The van der Waals surface area contributed by atoms with Crippen molar-refractivity contribution in [3.8, 4) is 0 Å². The van der Waals surface area contributed by atoms with Gasteiger partial charge < -0.3 is 4.74 Å². The Labute approximate surface area is 34.2 Å². The summed E-state index contributed by atoms with van der Waals surface area (Å²) in [6, 6.07) is 0. The Morgan fingerprint density at radius 2 is 2.50 bits per heavy atom. The van der Waals surface area contributed by atoms with E-state index in [1.807, 2.05) is 0 Å². The van der Waals surface area contributed by atoms with Crippen LogP contribution in [0.3, 0.4) is 0 Å². The molecule has 0 atom stereocenters. The van der Waals surface area contributed by atoms with Crippen LogP contribution in [0.2, 0.25) is 0 Å². The second-order valence-electron chi connectivity index (χ2n) is 0.510. The molecule has 6 heavy (non-hydrogen) atoms. The highest BCUT2D eigenvalue weighted by Gasteiger charge is 1.71. The Hall–Kier alpha value is -0.610. The van der Waals surface area contributed by atoms with Crippen molar-refractivity contribution >= 4 is 6.47 Å². The van der Waals surface area contributed by atoms with Gasteiger partial charge in [0.25, 0.3) is 6.47 Å². The van der Waals surface area contributed by atoms with E-state index in [4.69, 9.17) is 10.1 Å². The zero-order chi connectivity index (χ0) is 4.83. The van der Waals surface area contributed by atoms with E-state index >= 15 is 0 Å². The van der Waals surface area contributed by atoms with E-state index in [9.17, 15) is 0 Å². The molecule has 0 aromatic heterocycles. The Morgan fingerprint density at radius 3 is 2.67 bits per heavy atom. The number of ether oxygens (including phenoxy) is 1. The van der Waals surface area contributed by atoms with Gasteiger partial charge >= 0.3 is 0 Å². The van der Waals surface area contributed by atoms with Crippen molar-refractivity contribution in [2.75, 3.05) is 6.79 Å². The van der Waals surface area contributed by atoms with Gasteiger partial charge in [-0.1, -0.05) is 0 Å². The third-order valence-electron chi connectivity index (χ3n) is 0.189. The summed E-state index contributed by atoms with van der Waals surface area (Å²) in [6.07, 6.45) is 0. The van der Waals surface area contributed by atoms with E-state index in [0.29, 0.717) is 0 Å². The lowest BCUT2D eigenvalue weighted by molar-refractivity contribution is -0.286. The highest BCUT2D eigenvalue weighted by atomic mass is 17.1. The number of hydrogen-bond donors (Lipinski definition) is 1. The highest BCUT2D eigenvalue weighted by Crippen LogP contribution is 1.61. The Bertz CT molecular complexity index is 34.5. The van der Waals surface area contributed by atoms with E-state index in [0.717, 1.165) is 0 Å². The molecule has 0 aromatic carbocycles. The van der Waals surface area contributed by atoms with Gasteiger partial charge in [0.1, 0.15) is 0 Å². The average molecular weight is 92.0 g/mol. The van der Waals surface area contributed by atoms with Crippen LogP contribution >= 0.6 is 0 Å². The summed E-state index contributed by atoms with van der Waals surface area (Å²) in [5.41, 5.74) is 0. The van der Waals surface area contributed by atoms with Crippen LogP contribution in [-0.4, -0.2) is 18.5 Å². The monoisotopic (exact) mass is 92.0 g/mol. The molecule has 0 bridgehead atoms. The third kappa shape index (κ3) is 3.39. The maximum absolute atomic E-state index is 9.15. The van der Waals surface area contributed by atoms with Crippen LogP contribution in [0.25, 0.3) is 0 Å². The molecule has 4 heteroatoms. The Kier molecular flexibility index (Phi) is 3.94. The Morgan fingerprint density at radius 1 is 1.83 bits per heavy atom. The first-order valence-corrected chi connectivity index (χ1v) is 1.23. The van der Waals surface area contributed by atoms with Crippen molar-refractivity contribution in [3.63, 3.8) is 0 Å². The van der Waals surface area contributed by atoms with Crippen LogP contribution in [0, 0.1) is 0 Å². The minimum atomic E-state index is -0.399. The minimum absolute atomic E-state index is 0.177. The standard InChI is InChI=1S/C2H4O4/c3-1-5-2-6-4/h1,4H,2H2. The molecule has 36 valence electrons. The molecule has 0 spiro atoms. The van der Waals surface area contributed by atoms with Gasteiger partial charge in [-0.2, -0.15) is 4.89 Å². The van der Waals surface area contributed by atoms with Crippen LogP contribution < -0.4 is 0 Å². The molecule has 0 saturated heterocycles. The van der Waals surface area contributed by atoms with E-state index < -0.39 is 6.79 Å². The minimum Gasteiger partial charge on any atom is -0.438 e. The summed E-state index contributed by atoms with van der Waals surface area (Å²) in [4.78, 5) is 12.5. The molecule has 0 aliphatic rings. The summed E-state index contributed by atoms with van der Waals surface area (Å²) in [7, 11) is 0. The van der Waals surface area contributed by atoms with Crippen molar-refractivity contribution < 1.29 is 19.7 Å². The summed E-state index contributed by atoms with van der Waals surface area (Å²) in [5, 5.41) is 7.41. The van der Waals surface area contributed by atoms with Crippen molar-refractivity contribution in [3.05, 3.63) is 0 Å². The third-order valence-corrected chi connectivity index (χ3v) is 0.189. The smallest absolute Gasteiger partial charge is 0.295 e. The molecule has 0 saturated carbocycles. The van der Waals surface area contributed by atoms with Crippen LogP contribution in [-0.2, 0) is 14.4 Å². The molecular formula is C2H4O4. The number of hydrogen-bond acceptors (Lipinski definition) is 4. The van der Waals surface area contributed by atoms with E-state index in [1.165, 1.54) is 0 Å². The van der Waals surface area contributed by atoms with E-state index in [2.05, 4.69) is 9.62 Å². The molecule has 1 N–H and O–H groups in total. The molecule has 0 aliphatic heterocycles. The van der Waals surface area contributed by atoms with Gasteiger partial charge in [-0.05, 0) is 0 Å². The molecule has 0 rings (SSSR count). The lowest BCUT2D eigenvalue weighted by Crippen LogP contribution is -1.92. The SMILES string of the molecule is O=COCOO. The molecule has 0 amide bonds. The van der Waals surface area contributed by atoms with E-state index in [-0.39, 0.29) is 6.47 Å². The average Bonchev–Trinajstić information content (AvgIpc) is 1.61. The van der Waals surface area contributed by atoms with Gasteiger partial charge in [0, 0.05) is 0 Å². The van der Waals surface area contributed by atoms with Crippen LogP contribution in [0.5, 0.6) is 0 Å². The van der Waals surface area contributed by atoms with Crippen LogP contribution in [0.1, 0.15) is 0 Å². The maximum atomic E-state index is 9.15. The second-order valence-corrected chi connectivity index (χ2v) is 0.510. The van der Waals surface area contributed by atoms with Gasteiger partial charge in [-0.15, -0.1) is 0 Å². The van der Waals surface area contributed by atoms with Gasteiger partial charge in [0.05, 0.1) is 0 Å². The molecule has 0 radical (unpaired) electrons. The van der Waals surface area contributed by atoms with Crippen molar-refractivity contribution in [2.45, 2.75) is 0 Å². The molecule has 0 fully saturated rings. The van der Waals surface area contributed by atoms with Crippen LogP contribution in [0.4, 0.5) is 0 Å². The highest BCUT2D eigenvalue weighted by molar-refractivity contribution is 5.36. The first kappa shape index (κ1) is 5.39. The zero-order valence-electron chi connectivity index (χ0n) is 2.96. The van der Waals surface area contributed by atoms with E-state index in [1.54, 1.807) is 0 Å². The molecule has 0 unspecified atom stereocenters. The fourth-order valence-corrected chi connectivity index (χ4v) is 0.0582. The van der Waals surface area contributed by atoms with Gasteiger partial charge in [-0.25, -0.2) is 5.26 Å². The normalized spacial score (nSPS) is 7.50. The molecule has 0 aliphatic carbocycles. The molecular weight excluding hydrogens is 88.0 g/mol. The second kappa shape index (κ2) is 4.39. The quantitative estimate of drug-likeness (QED) is 0.169. The summed E-state index contributed by atoms with van der Waals surface area (Å²) < 4.78 is 3.83. The maximum Gasteiger partial charge on any atom is 0.295 e. The fraction of sp³-hybridized carbons (Fsp3) is 0.500. The lowest BCUT2D eigenvalue weighted by atomic mass is 11.4. The lowest BCUT2D eigenvalue weighted by Gasteiger charge is -1.86. The predicted octanol–water partition coefficient (Wildman–Crippen LogP) is -0.394. The fourth-order valence-electron chi connectivity index (χ4n) is 0.0582. The largest absolute Gasteiger partial charge is 0.438 e. The molecule has 4 nitrogen and oxygen atoms in total. The number of carbonyl (C=O) groups excluding carboxylic acids is 1. The first-order valence-electron chi connectivity index (χ1n) is 1.23. The topological polar surface area (TPSA) is 55.8 Å². The first-order chi connectivity index (χ1) is 2.91. The van der Waals surface area contributed by atoms with Gasteiger partial charge in [-0.3, -0.25) is 4.79 Å².